The van der Waals surface area contributed by atoms with E-state index in [4.69, 9.17) is 4.74 Å². The fraction of sp³-hybridized carbons (Fsp3) is 0.600. The van der Waals surface area contributed by atoms with Gasteiger partial charge in [0.1, 0.15) is 11.5 Å². The molecule has 2 N–H and O–H groups in total. The third-order valence-electron chi connectivity index (χ3n) is 3.77. The Kier molecular flexibility index (Phi) is 5.05. The Morgan fingerprint density at radius 2 is 2.32 bits per heavy atom. The summed E-state index contributed by atoms with van der Waals surface area (Å²) in [6, 6.07) is 6.12. The van der Waals surface area contributed by atoms with Crippen molar-refractivity contribution in [1.29, 1.82) is 0 Å². The SMILES string of the molecule is CCN(Cc1ccc(OC)cc1O)CC1CCCN1. The largest absolute Gasteiger partial charge is 0.507 e. The van der Waals surface area contributed by atoms with E-state index < -0.39 is 0 Å². The van der Waals surface area contributed by atoms with E-state index in [0.717, 1.165) is 31.7 Å². The molecule has 1 atom stereocenters. The zero-order valence-corrected chi connectivity index (χ0v) is 11.9. The van der Waals surface area contributed by atoms with Crippen molar-refractivity contribution in [2.45, 2.75) is 32.4 Å². The molecule has 0 saturated carbocycles. The zero-order chi connectivity index (χ0) is 13.7. The Balaban J connectivity index is 1.96. The first kappa shape index (κ1) is 14.2. The van der Waals surface area contributed by atoms with Crippen LogP contribution >= 0.6 is 0 Å². The standard InChI is InChI=1S/C15H24N2O2/c1-3-17(11-13-5-4-8-16-13)10-12-6-7-14(19-2)9-15(12)18/h6-7,9,13,16,18H,3-5,8,10-11H2,1-2H3. The quantitative estimate of drug-likeness (QED) is 0.824. The molecule has 19 heavy (non-hydrogen) atoms. The van der Waals surface area contributed by atoms with Gasteiger partial charge in [-0.25, -0.2) is 0 Å². The molecule has 0 amide bonds. The molecule has 0 aliphatic carbocycles. The van der Waals surface area contributed by atoms with E-state index in [1.807, 2.05) is 12.1 Å². The van der Waals surface area contributed by atoms with Crippen molar-refractivity contribution in [3.8, 4) is 11.5 Å². The van der Waals surface area contributed by atoms with Crippen LogP contribution in [0, 0.1) is 0 Å². The Bertz CT molecular complexity index is 403. The molecule has 1 saturated heterocycles. The highest BCUT2D eigenvalue weighted by Crippen LogP contribution is 2.24. The van der Waals surface area contributed by atoms with E-state index >= 15 is 0 Å². The van der Waals surface area contributed by atoms with Gasteiger partial charge in [0, 0.05) is 30.8 Å². The van der Waals surface area contributed by atoms with Crippen LogP contribution in [0.4, 0.5) is 0 Å². The maximum atomic E-state index is 10.0. The molecule has 1 aromatic carbocycles. The van der Waals surface area contributed by atoms with Crippen molar-refractivity contribution >= 4 is 0 Å². The van der Waals surface area contributed by atoms with Crippen molar-refractivity contribution in [2.75, 3.05) is 26.7 Å². The van der Waals surface area contributed by atoms with E-state index in [9.17, 15) is 5.11 Å². The molecule has 4 heteroatoms. The van der Waals surface area contributed by atoms with Crippen LogP contribution in [0.15, 0.2) is 18.2 Å². The average molecular weight is 264 g/mol. The minimum Gasteiger partial charge on any atom is -0.507 e. The smallest absolute Gasteiger partial charge is 0.123 e. The molecule has 106 valence electrons. The third kappa shape index (κ3) is 3.85. The zero-order valence-electron chi connectivity index (χ0n) is 11.9. The molecule has 1 heterocycles. The van der Waals surface area contributed by atoms with Crippen LogP contribution in [-0.4, -0.2) is 42.8 Å². The topological polar surface area (TPSA) is 44.7 Å². The summed E-state index contributed by atoms with van der Waals surface area (Å²) in [4.78, 5) is 2.37. The van der Waals surface area contributed by atoms with Gasteiger partial charge >= 0.3 is 0 Å². The number of ether oxygens (including phenoxy) is 1. The summed E-state index contributed by atoms with van der Waals surface area (Å²) < 4.78 is 5.11. The summed E-state index contributed by atoms with van der Waals surface area (Å²) in [5.74, 6) is 1.01. The number of phenols is 1. The lowest BCUT2D eigenvalue weighted by Crippen LogP contribution is -2.37. The number of rotatable bonds is 6. The Morgan fingerprint density at radius 3 is 2.89 bits per heavy atom. The first-order valence-electron chi connectivity index (χ1n) is 7.04. The van der Waals surface area contributed by atoms with Gasteiger partial charge in [-0.3, -0.25) is 4.90 Å². The second-order valence-electron chi connectivity index (χ2n) is 5.12. The number of nitrogens with one attached hydrogen (secondary N) is 1. The normalized spacial score (nSPS) is 19.0. The van der Waals surface area contributed by atoms with E-state index in [-0.39, 0.29) is 0 Å². The second-order valence-corrected chi connectivity index (χ2v) is 5.12. The highest BCUT2D eigenvalue weighted by atomic mass is 16.5. The predicted octanol–water partition coefficient (Wildman–Crippen LogP) is 1.97. The van der Waals surface area contributed by atoms with Crippen LogP contribution < -0.4 is 10.1 Å². The highest BCUT2D eigenvalue weighted by molar-refractivity contribution is 5.39. The summed E-state index contributed by atoms with van der Waals surface area (Å²) in [7, 11) is 1.61. The maximum Gasteiger partial charge on any atom is 0.123 e. The Morgan fingerprint density at radius 1 is 1.47 bits per heavy atom. The summed E-state index contributed by atoms with van der Waals surface area (Å²) in [6.07, 6.45) is 2.53. The van der Waals surface area contributed by atoms with E-state index in [2.05, 4.69) is 17.1 Å². The summed E-state index contributed by atoms with van der Waals surface area (Å²) in [6.45, 7) is 6.11. The van der Waals surface area contributed by atoms with Crippen LogP contribution in [0.2, 0.25) is 0 Å². The molecule has 0 spiro atoms. The van der Waals surface area contributed by atoms with E-state index in [0.29, 0.717) is 17.5 Å². The first-order chi connectivity index (χ1) is 9.22. The number of phenolic OH excluding ortho intramolecular Hbond substituents is 1. The monoisotopic (exact) mass is 264 g/mol. The minimum absolute atomic E-state index is 0.317. The molecule has 1 fully saturated rings. The van der Waals surface area contributed by atoms with Gasteiger partial charge in [0.15, 0.2) is 0 Å². The van der Waals surface area contributed by atoms with Crippen molar-refractivity contribution in [3.05, 3.63) is 23.8 Å². The molecular weight excluding hydrogens is 240 g/mol. The number of hydrogen-bond acceptors (Lipinski definition) is 4. The Labute approximate surface area is 115 Å². The number of nitrogens with zero attached hydrogens (tertiary/aromatic N) is 1. The second kappa shape index (κ2) is 6.78. The van der Waals surface area contributed by atoms with Crippen LogP contribution in [0.1, 0.15) is 25.3 Å². The summed E-state index contributed by atoms with van der Waals surface area (Å²) in [5, 5.41) is 13.5. The minimum atomic E-state index is 0.317. The van der Waals surface area contributed by atoms with E-state index in [1.54, 1.807) is 13.2 Å². The lowest BCUT2D eigenvalue weighted by atomic mass is 10.1. The van der Waals surface area contributed by atoms with Crippen LogP contribution in [0.25, 0.3) is 0 Å². The van der Waals surface area contributed by atoms with Crippen LogP contribution in [0.5, 0.6) is 11.5 Å². The van der Waals surface area contributed by atoms with Gasteiger partial charge in [0.05, 0.1) is 7.11 Å². The number of aromatic hydroxyl groups is 1. The van der Waals surface area contributed by atoms with Gasteiger partial charge in [-0.2, -0.15) is 0 Å². The van der Waals surface area contributed by atoms with Gasteiger partial charge in [0.2, 0.25) is 0 Å². The molecule has 0 bridgehead atoms. The molecule has 1 aliphatic rings. The highest BCUT2D eigenvalue weighted by Gasteiger charge is 2.17. The lowest BCUT2D eigenvalue weighted by Gasteiger charge is -2.24. The van der Waals surface area contributed by atoms with Gasteiger partial charge in [-0.15, -0.1) is 0 Å². The number of methoxy groups -OCH3 is 1. The van der Waals surface area contributed by atoms with Crippen LogP contribution in [-0.2, 0) is 6.54 Å². The number of hydrogen-bond donors (Lipinski definition) is 2. The summed E-state index contributed by atoms with van der Waals surface area (Å²) in [5.41, 5.74) is 0.959. The van der Waals surface area contributed by atoms with Gasteiger partial charge in [-0.1, -0.05) is 13.0 Å². The van der Waals surface area contributed by atoms with Crippen molar-refractivity contribution in [3.63, 3.8) is 0 Å². The molecule has 1 unspecified atom stereocenters. The lowest BCUT2D eigenvalue weighted by molar-refractivity contribution is 0.250. The fourth-order valence-electron chi connectivity index (χ4n) is 2.57. The maximum absolute atomic E-state index is 10.0. The number of likely N-dealkylation sites (N-methyl/N-ethyl adjacent to an activating group) is 1. The van der Waals surface area contributed by atoms with Crippen molar-refractivity contribution < 1.29 is 9.84 Å². The first-order valence-corrected chi connectivity index (χ1v) is 7.04. The van der Waals surface area contributed by atoms with E-state index in [1.165, 1.54) is 12.8 Å². The molecule has 0 radical (unpaired) electrons. The van der Waals surface area contributed by atoms with Gasteiger partial charge in [0.25, 0.3) is 0 Å². The average Bonchev–Trinajstić information content (AvgIpc) is 2.92. The molecular formula is C15H24N2O2. The summed E-state index contributed by atoms with van der Waals surface area (Å²) >= 11 is 0. The fourth-order valence-corrected chi connectivity index (χ4v) is 2.57. The van der Waals surface area contributed by atoms with Crippen LogP contribution in [0.3, 0.4) is 0 Å². The van der Waals surface area contributed by atoms with Crippen molar-refractivity contribution in [1.82, 2.24) is 10.2 Å². The molecule has 2 rings (SSSR count). The molecule has 0 aromatic heterocycles. The van der Waals surface area contributed by atoms with Gasteiger partial charge in [-0.05, 0) is 32.0 Å². The molecule has 1 aliphatic heterocycles. The molecule has 4 nitrogen and oxygen atoms in total. The number of benzene rings is 1. The third-order valence-corrected chi connectivity index (χ3v) is 3.77. The predicted molar refractivity (Wildman–Crippen MR) is 76.6 cm³/mol. The van der Waals surface area contributed by atoms with Gasteiger partial charge < -0.3 is 15.2 Å². The molecule has 1 aromatic rings. The van der Waals surface area contributed by atoms with Crippen molar-refractivity contribution in [2.24, 2.45) is 0 Å². The Hall–Kier alpha value is -1.26.